The summed E-state index contributed by atoms with van der Waals surface area (Å²) in [5, 5.41) is 17.1. The molecule has 0 spiro atoms. The maximum atomic E-state index is 14.6. The average molecular weight is 836 g/mol. The van der Waals surface area contributed by atoms with E-state index in [2.05, 4.69) is 15.5 Å². The Balaban J connectivity index is 1.05. The first-order valence-electron chi connectivity index (χ1n) is 21.7. The number of nitrogens with zero attached hydrogens (tertiary/aromatic N) is 3. The van der Waals surface area contributed by atoms with Crippen molar-refractivity contribution in [2.45, 2.75) is 121 Å². The van der Waals surface area contributed by atoms with Crippen LogP contribution in [0, 0.1) is 17.8 Å². The van der Waals surface area contributed by atoms with Gasteiger partial charge in [0.1, 0.15) is 53.0 Å². The number of allylic oxidation sites excluding steroid dienone is 1. The van der Waals surface area contributed by atoms with Crippen LogP contribution in [0.25, 0.3) is 17.0 Å². The number of carboxylic acid groups (broad SMARTS) is 1. The third-order valence-electron chi connectivity index (χ3n) is 13.2. The summed E-state index contributed by atoms with van der Waals surface area (Å²) in [7, 11) is 0. The molecule has 1 aromatic carbocycles. The SMILES string of the molecule is CC(C)=Cc1cc(O[C@@H]2C[C@H]3C(=O)N[C@]4(C(=O)O)C[C@H]4CCCCCCC[C@H](NC(=O)O[C@@H]4C[C@@H]5C[C@@H]5C4)C(=O)N3C2)c2ccc(OCCN3CCOCC3)c(Cl)c2n1. The van der Waals surface area contributed by atoms with Gasteiger partial charge in [-0.3, -0.25) is 14.5 Å². The van der Waals surface area contributed by atoms with Crippen molar-refractivity contribution in [1.82, 2.24) is 25.4 Å². The second-order valence-electron chi connectivity index (χ2n) is 17.8. The van der Waals surface area contributed by atoms with Crippen molar-refractivity contribution < 1.29 is 43.2 Å². The Morgan fingerprint density at radius 2 is 1.76 bits per heavy atom. The van der Waals surface area contributed by atoms with Gasteiger partial charge in [0.15, 0.2) is 0 Å². The molecule has 4 heterocycles. The minimum Gasteiger partial charge on any atom is -0.491 e. The number of rotatable bonds is 10. The van der Waals surface area contributed by atoms with Crippen LogP contribution in [0.2, 0.25) is 5.02 Å². The van der Waals surface area contributed by atoms with Crippen molar-refractivity contribution >= 4 is 52.5 Å². The number of nitrogens with one attached hydrogen (secondary N) is 2. The molecular formula is C44H58ClN5O9. The number of carbonyl (C=O) groups excluding carboxylic acids is 3. The molecule has 15 heteroatoms. The zero-order valence-electron chi connectivity index (χ0n) is 34.2. The van der Waals surface area contributed by atoms with Crippen LogP contribution in [-0.2, 0) is 23.9 Å². The summed E-state index contributed by atoms with van der Waals surface area (Å²) in [6.07, 6.45) is 9.21. The van der Waals surface area contributed by atoms with Crippen LogP contribution < -0.4 is 20.1 Å². The number of hydrogen-bond donors (Lipinski definition) is 3. The first kappa shape index (κ1) is 41.6. The highest BCUT2D eigenvalue weighted by Gasteiger charge is 2.62. The van der Waals surface area contributed by atoms with Gasteiger partial charge in [-0.25, -0.2) is 14.6 Å². The fraction of sp³-hybridized carbons (Fsp3) is 0.659. The Kier molecular flexibility index (Phi) is 12.6. The van der Waals surface area contributed by atoms with Gasteiger partial charge in [0.25, 0.3) is 0 Å². The summed E-state index contributed by atoms with van der Waals surface area (Å²) in [5.74, 6) is 0.0362. The number of halogens is 1. The lowest BCUT2D eigenvalue weighted by Crippen LogP contribution is -2.56. The molecule has 320 valence electrons. The van der Waals surface area contributed by atoms with Gasteiger partial charge >= 0.3 is 12.1 Å². The minimum atomic E-state index is -1.37. The van der Waals surface area contributed by atoms with E-state index in [1.807, 2.05) is 32.1 Å². The zero-order valence-corrected chi connectivity index (χ0v) is 35.0. The lowest BCUT2D eigenvalue weighted by atomic mass is 10.0. The van der Waals surface area contributed by atoms with E-state index < -0.39 is 47.6 Å². The summed E-state index contributed by atoms with van der Waals surface area (Å²) < 4.78 is 24.2. The van der Waals surface area contributed by atoms with E-state index in [9.17, 15) is 24.3 Å². The van der Waals surface area contributed by atoms with Gasteiger partial charge in [0, 0.05) is 37.5 Å². The van der Waals surface area contributed by atoms with Gasteiger partial charge in [-0.05, 0) is 88.3 Å². The van der Waals surface area contributed by atoms with Gasteiger partial charge in [-0.1, -0.05) is 49.3 Å². The van der Waals surface area contributed by atoms with Crippen LogP contribution in [0.15, 0.2) is 23.8 Å². The molecule has 3 aliphatic heterocycles. The first-order valence-corrected chi connectivity index (χ1v) is 22.1. The zero-order chi connectivity index (χ0) is 41.3. The third-order valence-corrected chi connectivity index (χ3v) is 13.5. The number of benzene rings is 1. The fourth-order valence-corrected chi connectivity index (χ4v) is 9.99. The van der Waals surface area contributed by atoms with Crippen LogP contribution in [-0.4, -0.2) is 120 Å². The van der Waals surface area contributed by atoms with Crippen molar-refractivity contribution in [2.24, 2.45) is 17.8 Å². The normalized spacial score (nSPS) is 31.1. The molecule has 14 nitrogen and oxygen atoms in total. The number of fused-ring (bicyclic) bond motifs is 4. The second-order valence-corrected chi connectivity index (χ2v) is 18.2. The van der Waals surface area contributed by atoms with Crippen molar-refractivity contribution in [3.8, 4) is 11.5 Å². The quantitative estimate of drug-likeness (QED) is 0.258. The number of carbonyl (C=O) groups is 4. The van der Waals surface area contributed by atoms with E-state index in [-0.39, 0.29) is 25.0 Å². The Bertz CT molecular complexity index is 1940. The Morgan fingerprint density at radius 3 is 2.51 bits per heavy atom. The van der Waals surface area contributed by atoms with Crippen LogP contribution in [0.3, 0.4) is 0 Å². The van der Waals surface area contributed by atoms with Crippen LogP contribution in [0.4, 0.5) is 4.79 Å². The molecule has 8 rings (SSSR count). The van der Waals surface area contributed by atoms with Gasteiger partial charge in [-0.2, -0.15) is 0 Å². The molecular weight excluding hydrogens is 778 g/mol. The molecule has 3 aliphatic carbocycles. The number of pyridine rings is 1. The molecule has 6 aliphatic rings. The van der Waals surface area contributed by atoms with Gasteiger partial charge in [0.2, 0.25) is 11.8 Å². The highest BCUT2D eigenvalue weighted by molar-refractivity contribution is 6.36. The number of morpholine rings is 1. The molecule has 2 aromatic rings. The van der Waals surface area contributed by atoms with E-state index in [4.69, 9.17) is 35.5 Å². The summed E-state index contributed by atoms with van der Waals surface area (Å²) in [6, 6.07) is 3.53. The maximum absolute atomic E-state index is 14.6. The molecule has 3 N–H and O–H groups in total. The molecule has 6 fully saturated rings. The number of carboxylic acids is 1. The number of aromatic nitrogens is 1. The lowest BCUT2D eigenvalue weighted by Gasteiger charge is -2.29. The monoisotopic (exact) mass is 835 g/mol. The van der Waals surface area contributed by atoms with Gasteiger partial charge in [-0.15, -0.1) is 0 Å². The first-order chi connectivity index (χ1) is 28.5. The summed E-state index contributed by atoms with van der Waals surface area (Å²) in [6.45, 7) is 8.25. The highest BCUT2D eigenvalue weighted by atomic mass is 35.5. The number of aliphatic carboxylic acids is 1. The molecule has 3 saturated carbocycles. The third kappa shape index (κ3) is 9.60. The number of alkyl carbamates (subject to hydrolysis) is 1. The van der Waals surface area contributed by atoms with E-state index in [0.29, 0.717) is 90.5 Å². The fourth-order valence-electron chi connectivity index (χ4n) is 9.73. The molecule has 0 bridgehead atoms. The molecule has 0 unspecified atom stereocenters. The standard InChI is InChI=1S/C44H58ClN5O9/c1-26(2)18-30-22-37(33-10-11-36(38(45)39(33)46-30)57-17-14-49-12-15-56-16-13-49)58-32-23-35-40(51)48-44(42(53)54)24-29(44)8-6-4-3-5-7-9-34(41(52)50(35)25-32)47-43(55)59-31-20-27-19-28(27)21-31/h10-11,18,22,27-29,31-32,34-35H,3-9,12-17,19-21,23-25H2,1-2H3,(H,47,55)(H,48,51)(H,53,54)/t27-,28+,29-,31+,32-,34+,35+,44-/m1/s1. The summed E-state index contributed by atoms with van der Waals surface area (Å²) in [5.41, 5.74) is 0.756. The predicted molar refractivity (Wildman–Crippen MR) is 220 cm³/mol. The summed E-state index contributed by atoms with van der Waals surface area (Å²) in [4.78, 5) is 63.5. The molecule has 1 aromatic heterocycles. The predicted octanol–water partition coefficient (Wildman–Crippen LogP) is 5.97. The van der Waals surface area contributed by atoms with Gasteiger partial charge in [0.05, 0.1) is 31.0 Å². The molecule has 3 saturated heterocycles. The summed E-state index contributed by atoms with van der Waals surface area (Å²) >= 11 is 7.01. The Labute approximate surface area is 350 Å². The molecule has 59 heavy (non-hydrogen) atoms. The number of amides is 3. The van der Waals surface area contributed by atoms with Crippen molar-refractivity contribution in [1.29, 1.82) is 0 Å². The van der Waals surface area contributed by atoms with Crippen molar-refractivity contribution in [3.05, 3.63) is 34.5 Å². The smallest absolute Gasteiger partial charge is 0.408 e. The minimum absolute atomic E-state index is 0.0396. The Hall–Kier alpha value is -4.14. The average Bonchev–Trinajstić information content (AvgIpc) is 4.00. The van der Waals surface area contributed by atoms with Crippen LogP contribution in [0.5, 0.6) is 11.5 Å². The van der Waals surface area contributed by atoms with Crippen LogP contribution >= 0.6 is 11.6 Å². The topological polar surface area (TPSA) is 169 Å². The molecule has 0 radical (unpaired) electrons. The van der Waals surface area contributed by atoms with E-state index in [1.54, 1.807) is 6.07 Å². The van der Waals surface area contributed by atoms with Crippen molar-refractivity contribution in [3.63, 3.8) is 0 Å². The number of ether oxygens (including phenoxy) is 4. The maximum Gasteiger partial charge on any atom is 0.408 e. The highest BCUT2D eigenvalue weighted by Crippen LogP contribution is 2.52. The van der Waals surface area contributed by atoms with Crippen molar-refractivity contribution in [2.75, 3.05) is 46.0 Å². The van der Waals surface area contributed by atoms with E-state index in [0.717, 1.165) is 63.7 Å². The largest absolute Gasteiger partial charge is 0.491 e. The lowest BCUT2D eigenvalue weighted by molar-refractivity contribution is -0.146. The molecule has 3 amide bonds. The van der Waals surface area contributed by atoms with E-state index >= 15 is 0 Å². The van der Waals surface area contributed by atoms with Crippen LogP contribution in [0.1, 0.15) is 96.6 Å². The second kappa shape index (κ2) is 17.8. The molecule has 8 atom stereocenters. The van der Waals surface area contributed by atoms with Gasteiger partial charge < -0.3 is 39.6 Å². The Morgan fingerprint density at radius 1 is 1.02 bits per heavy atom. The van der Waals surface area contributed by atoms with E-state index in [1.165, 1.54) is 11.3 Å². The number of hydrogen-bond acceptors (Lipinski definition) is 10.